The Morgan fingerprint density at radius 1 is 1.44 bits per heavy atom. The summed E-state index contributed by atoms with van der Waals surface area (Å²) in [6.45, 7) is 5.16. The highest BCUT2D eigenvalue weighted by molar-refractivity contribution is 9.10. The van der Waals surface area contributed by atoms with Crippen LogP contribution in [0.15, 0.2) is 22.7 Å². The Kier molecular flexibility index (Phi) is 4.68. The Balaban J connectivity index is 2.29. The maximum atomic E-state index is 9.93. The van der Waals surface area contributed by atoms with Crippen LogP contribution in [-0.2, 0) is 0 Å². The van der Waals surface area contributed by atoms with Crippen LogP contribution >= 0.6 is 15.9 Å². The summed E-state index contributed by atoms with van der Waals surface area (Å²) >= 11 is 3.54. The van der Waals surface area contributed by atoms with Gasteiger partial charge in [0.2, 0.25) is 0 Å². The maximum absolute atomic E-state index is 9.93. The van der Waals surface area contributed by atoms with Gasteiger partial charge in [-0.2, -0.15) is 0 Å². The zero-order valence-corrected chi connectivity index (χ0v) is 12.8. The average Bonchev–Trinajstić information content (AvgIpc) is 3.13. The van der Waals surface area contributed by atoms with Gasteiger partial charge in [0.15, 0.2) is 0 Å². The van der Waals surface area contributed by atoms with E-state index < -0.39 is 6.10 Å². The molecule has 0 saturated heterocycles. The van der Waals surface area contributed by atoms with Crippen LogP contribution in [0.25, 0.3) is 0 Å². The topological polar surface area (TPSA) is 23.5 Å². The highest BCUT2D eigenvalue weighted by atomic mass is 79.9. The summed E-state index contributed by atoms with van der Waals surface area (Å²) < 4.78 is 1.09. The van der Waals surface area contributed by atoms with Crippen LogP contribution in [0.2, 0.25) is 0 Å². The molecule has 1 fully saturated rings. The van der Waals surface area contributed by atoms with Gasteiger partial charge in [0.1, 0.15) is 0 Å². The van der Waals surface area contributed by atoms with Gasteiger partial charge in [0.05, 0.1) is 6.10 Å². The highest BCUT2D eigenvalue weighted by Gasteiger charge is 2.30. The van der Waals surface area contributed by atoms with Crippen LogP contribution in [-0.4, -0.2) is 17.7 Å². The van der Waals surface area contributed by atoms with Crippen LogP contribution in [0, 0.1) is 0 Å². The fraction of sp³-hybridized carbons (Fsp3) is 0.600. The molecule has 1 saturated carbocycles. The van der Waals surface area contributed by atoms with E-state index in [0.717, 1.165) is 16.6 Å². The first-order valence-electron chi connectivity index (χ1n) is 6.87. The molecular weight excluding hydrogens is 290 g/mol. The van der Waals surface area contributed by atoms with Crippen molar-refractivity contribution in [1.29, 1.82) is 0 Å². The maximum Gasteiger partial charge on any atom is 0.0782 e. The second kappa shape index (κ2) is 6.07. The third-order valence-corrected chi connectivity index (χ3v) is 3.99. The van der Waals surface area contributed by atoms with Crippen molar-refractivity contribution in [3.8, 4) is 0 Å². The second-order valence-electron chi connectivity index (χ2n) is 5.16. The molecule has 3 heteroatoms. The van der Waals surface area contributed by atoms with Gasteiger partial charge in [-0.1, -0.05) is 35.3 Å². The van der Waals surface area contributed by atoms with E-state index in [1.165, 1.54) is 31.4 Å². The molecule has 1 aliphatic rings. The fourth-order valence-electron chi connectivity index (χ4n) is 2.33. The van der Waals surface area contributed by atoms with E-state index in [2.05, 4.69) is 33.8 Å². The smallest absolute Gasteiger partial charge is 0.0782 e. The average molecular weight is 312 g/mol. The second-order valence-corrected chi connectivity index (χ2v) is 6.07. The first-order chi connectivity index (χ1) is 8.63. The van der Waals surface area contributed by atoms with Crippen molar-refractivity contribution in [2.75, 3.05) is 11.4 Å². The fourth-order valence-corrected chi connectivity index (χ4v) is 2.68. The number of nitrogens with zero attached hydrogens (tertiary/aromatic N) is 1. The number of halogens is 1. The van der Waals surface area contributed by atoms with Crippen LogP contribution in [0.3, 0.4) is 0 Å². The Labute approximate surface area is 118 Å². The number of aliphatic hydroxyl groups excluding tert-OH is 1. The predicted octanol–water partition coefficient (Wildman–Crippen LogP) is 4.27. The van der Waals surface area contributed by atoms with E-state index in [0.29, 0.717) is 6.04 Å². The van der Waals surface area contributed by atoms with Crippen LogP contribution in [0.5, 0.6) is 0 Å². The SMILES string of the molecule is CCCCN(c1cc(Br)ccc1C(C)O)C1CC1. The van der Waals surface area contributed by atoms with Gasteiger partial charge < -0.3 is 10.0 Å². The third-order valence-electron chi connectivity index (χ3n) is 3.49. The van der Waals surface area contributed by atoms with Crippen molar-refractivity contribution in [1.82, 2.24) is 0 Å². The molecular formula is C15H22BrNO. The predicted molar refractivity (Wildman–Crippen MR) is 80.1 cm³/mol. The summed E-state index contributed by atoms with van der Waals surface area (Å²) in [5.74, 6) is 0. The van der Waals surface area contributed by atoms with Gasteiger partial charge >= 0.3 is 0 Å². The molecule has 2 nitrogen and oxygen atoms in total. The van der Waals surface area contributed by atoms with E-state index in [4.69, 9.17) is 0 Å². The normalized spacial score (nSPS) is 16.7. The number of aliphatic hydroxyl groups is 1. The summed E-state index contributed by atoms with van der Waals surface area (Å²) in [6, 6.07) is 6.88. The Hall–Kier alpha value is -0.540. The minimum Gasteiger partial charge on any atom is -0.389 e. The number of unbranched alkanes of at least 4 members (excludes halogenated alkanes) is 1. The molecule has 1 unspecified atom stereocenters. The minimum absolute atomic E-state index is 0.407. The lowest BCUT2D eigenvalue weighted by molar-refractivity contribution is 0.199. The Morgan fingerprint density at radius 3 is 2.72 bits per heavy atom. The quantitative estimate of drug-likeness (QED) is 0.848. The zero-order chi connectivity index (χ0) is 13.1. The van der Waals surface area contributed by atoms with E-state index >= 15 is 0 Å². The van der Waals surface area contributed by atoms with Crippen LogP contribution in [0.4, 0.5) is 5.69 Å². The minimum atomic E-state index is -0.407. The largest absolute Gasteiger partial charge is 0.389 e. The molecule has 1 aromatic rings. The number of hydrogen-bond donors (Lipinski definition) is 1. The molecule has 0 heterocycles. The molecule has 0 radical (unpaired) electrons. The van der Waals surface area contributed by atoms with Gasteiger partial charge in [-0.15, -0.1) is 0 Å². The summed E-state index contributed by atoms with van der Waals surface area (Å²) in [5, 5.41) is 9.93. The number of hydrogen-bond acceptors (Lipinski definition) is 2. The lowest BCUT2D eigenvalue weighted by Crippen LogP contribution is -2.28. The van der Waals surface area contributed by atoms with Crippen molar-refractivity contribution in [2.45, 2.75) is 51.7 Å². The first kappa shape index (κ1) is 13.9. The lowest BCUT2D eigenvalue weighted by atomic mass is 10.1. The van der Waals surface area contributed by atoms with Crippen molar-refractivity contribution >= 4 is 21.6 Å². The van der Waals surface area contributed by atoms with Crippen molar-refractivity contribution in [3.05, 3.63) is 28.2 Å². The van der Waals surface area contributed by atoms with Gasteiger partial charge in [0, 0.05) is 28.3 Å². The van der Waals surface area contributed by atoms with E-state index in [1.54, 1.807) is 0 Å². The zero-order valence-electron chi connectivity index (χ0n) is 11.2. The number of anilines is 1. The van der Waals surface area contributed by atoms with Crippen molar-refractivity contribution in [2.24, 2.45) is 0 Å². The Morgan fingerprint density at radius 2 is 2.17 bits per heavy atom. The molecule has 1 aliphatic carbocycles. The third kappa shape index (κ3) is 3.27. The van der Waals surface area contributed by atoms with E-state index in [9.17, 15) is 5.11 Å². The summed E-state index contributed by atoms with van der Waals surface area (Å²) in [7, 11) is 0. The molecule has 0 spiro atoms. The van der Waals surface area contributed by atoms with Crippen LogP contribution in [0.1, 0.15) is 51.2 Å². The molecule has 0 aromatic heterocycles. The first-order valence-corrected chi connectivity index (χ1v) is 7.67. The number of rotatable bonds is 6. The monoisotopic (exact) mass is 311 g/mol. The molecule has 18 heavy (non-hydrogen) atoms. The molecule has 1 atom stereocenters. The summed E-state index contributed by atoms with van der Waals surface area (Å²) in [4.78, 5) is 2.48. The Bertz CT molecular complexity index is 401. The molecule has 100 valence electrons. The number of benzene rings is 1. The standard InChI is InChI=1S/C15H22BrNO/c1-3-4-9-17(13-6-7-13)15-10-12(16)5-8-14(15)11(2)18/h5,8,10-11,13,18H,3-4,6-7,9H2,1-2H3. The van der Waals surface area contributed by atoms with Gasteiger partial charge in [-0.05, 0) is 38.3 Å². The molecule has 2 rings (SSSR count). The highest BCUT2D eigenvalue weighted by Crippen LogP contribution is 2.37. The molecule has 0 aliphatic heterocycles. The van der Waals surface area contributed by atoms with Crippen molar-refractivity contribution in [3.63, 3.8) is 0 Å². The van der Waals surface area contributed by atoms with E-state index in [1.807, 2.05) is 19.1 Å². The lowest BCUT2D eigenvalue weighted by Gasteiger charge is -2.28. The van der Waals surface area contributed by atoms with Gasteiger partial charge in [-0.3, -0.25) is 0 Å². The van der Waals surface area contributed by atoms with Crippen LogP contribution < -0.4 is 4.90 Å². The molecule has 0 bridgehead atoms. The molecule has 1 N–H and O–H groups in total. The summed E-state index contributed by atoms with van der Waals surface area (Å²) in [6.07, 6.45) is 4.59. The van der Waals surface area contributed by atoms with E-state index in [-0.39, 0.29) is 0 Å². The van der Waals surface area contributed by atoms with Gasteiger partial charge in [0.25, 0.3) is 0 Å². The van der Waals surface area contributed by atoms with Gasteiger partial charge in [-0.25, -0.2) is 0 Å². The molecule has 1 aromatic carbocycles. The summed E-state index contributed by atoms with van der Waals surface area (Å²) in [5.41, 5.74) is 2.25. The molecule has 0 amide bonds. The van der Waals surface area contributed by atoms with Crippen molar-refractivity contribution < 1.29 is 5.11 Å².